The summed E-state index contributed by atoms with van der Waals surface area (Å²) in [6.45, 7) is 1.98. The molecule has 1 aliphatic heterocycles. The third-order valence-corrected chi connectivity index (χ3v) is 5.29. The summed E-state index contributed by atoms with van der Waals surface area (Å²) >= 11 is 0. The van der Waals surface area contributed by atoms with E-state index in [9.17, 15) is 4.79 Å². The van der Waals surface area contributed by atoms with Crippen LogP contribution >= 0.6 is 0 Å². The minimum atomic E-state index is 0.285. The molecule has 1 saturated heterocycles. The van der Waals surface area contributed by atoms with E-state index in [0.717, 1.165) is 44.6 Å². The Kier molecular flexibility index (Phi) is 4.96. The zero-order valence-electron chi connectivity index (χ0n) is 13.6. The predicted molar refractivity (Wildman–Crippen MR) is 88.8 cm³/mol. The van der Waals surface area contributed by atoms with Crippen molar-refractivity contribution in [2.75, 3.05) is 25.0 Å². The van der Waals surface area contributed by atoms with Crippen LogP contribution in [0.1, 0.15) is 44.9 Å². The quantitative estimate of drug-likeness (QED) is 0.861. The molecule has 2 heterocycles. The average molecular weight is 301 g/mol. The Morgan fingerprint density at radius 1 is 1.14 bits per heavy atom. The first-order chi connectivity index (χ1) is 10.8. The third-order valence-electron chi connectivity index (χ3n) is 5.29. The molecule has 0 bridgehead atoms. The van der Waals surface area contributed by atoms with Crippen molar-refractivity contribution in [1.82, 2.24) is 9.88 Å². The number of pyridine rings is 1. The van der Waals surface area contributed by atoms with Crippen LogP contribution in [-0.4, -0.2) is 42.0 Å². The fraction of sp³-hybridized carbons (Fsp3) is 0.667. The molecule has 3 rings (SSSR count). The molecule has 2 fully saturated rings. The average Bonchev–Trinajstić information content (AvgIpc) is 2.62. The normalized spacial score (nSPS) is 20.9. The highest BCUT2D eigenvalue weighted by molar-refractivity contribution is 5.79. The fourth-order valence-electron chi connectivity index (χ4n) is 3.84. The predicted octanol–water partition coefficient (Wildman–Crippen LogP) is 3.09. The maximum atomic E-state index is 12.6. The zero-order valence-corrected chi connectivity index (χ0v) is 13.6. The Labute approximate surface area is 133 Å². The number of piperidine rings is 1. The van der Waals surface area contributed by atoms with Crippen LogP contribution in [0, 0.1) is 5.92 Å². The second-order valence-electron chi connectivity index (χ2n) is 6.69. The van der Waals surface area contributed by atoms with Crippen LogP contribution in [0.4, 0.5) is 5.82 Å². The molecule has 0 atom stereocenters. The molecule has 4 nitrogen and oxygen atoms in total. The molecule has 0 aromatic carbocycles. The first-order valence-corrected chi connectivity index (χ1v) is 8.68. The van der Waals surface area contributed by atoms with Crippen molar-refractivity contribution in [3.8, 4) is 0 Å². The van der Waals surface area contributed by atoms with Crippen molar-refractivity contribution in [2.24, 2.45) is 5.92 Å². The van der Waals surface area contributed by atoms with Gasteiger partial charge >= 0.3 is 0 Å². The van der Waals surface area contributed by atoms with Crippen LogP contribution in [-0.2, 0) is 4.79 Å². The molecule has 1 aliphatic carbocycles. The lowest BCUT2D eigenvalue weighted by Crippen LogP contribution is -2.47. The van der Waals surface area contributed by atoms with Gasteiger partial charge in [-0.05, 0) is 37.8 Å². The highest BCUT2D eigenvalue weighted by Gasteiger charge is 2.30. The standard InChI is InChI=1S/C18H27N3O/c1-20(18(22)15-7-3-2-4-8-15)16-10-13-21(14-11-16)17-9-5-6-12-19-17/h5-6,9,12,15-16H,2-4,7-8,10-11,13-14H2,1H3. The van der Waals surface area contributed by atoms with Crippen LogP contribution in [0.5, 0.6) is 0 Å². The zero-order chi connectivity index (χ0) is 15.4. The summed E-state index contributed by atoms with van der Waals surface area (Å²) in [5, 5.41) is 0. The molecule has 0 N–H and O–H groups in total. The van der Waals surface area contributed by atoms with Gasteiger partial charge in [-0.1, -0.05) is 25.3 Å². The van der Waals surface area contributed by atoms with Crippen LogP contribution in [0.3, 0.4) is 0 Å². The number of carbonyl (C=O) groups excluding carboxylic acids is 1. The monoisotopic (exact) mass is 301 g/mol. The Morgan fingerprint density at radius 3 is 2.50 bits per heavy atom. The summed E-state index contributed by atoms with van der Waals surface area (Å²) in [5.41, 5.74) is 0. The number of aromatic nitrogens is 1. The van der Waals surface area contributed by atoms with Crippen LogP contribution in [0.25, 0.3) is 0 Å². The van der Waals surface area contributed by atoms with Crippen molar-refractivity contribution in [1.29, 1.82) is 0 Å². The van der Waals surface area contributed by atoms with E-state index in [-0.39, 0.29) is 5.92 Å². The number of amides is 1. The molecule has 4 heteroatoms. The van der Waals surface area contributed by atoms with E-state index in [1.54, 1.807) is 0 Å². The van der Waals surface area contributed by atoms with Gasteiger partial charge in [0.25, 0.3) is 0 Å². The molecule has 1 aromatic heterocycles. The van der Waals surface area contributed by atoms with Crippen molar-refractivity contribution in [3.63, 3.8) is 0 Å². The molecule has 0 spiro atoms. The highest BCUT2D eigenvalue weighted by atomic mass is 16.2. The molecular formula is C18H27N3O. The summed E-state index contributed by atoms with van der Waals surface area (Å²) in [4.78, 5) is 21.5. The lowest BCUT2D eigenvalue weighted by Gasteiger charge is -2.39. The third kappa shape index (κ3) is 3.42. The lowest BCUT2D eigenvalue weighted by molar-refractivity contribution is -0.137. The largest absolute Gasteiger partial charge is 0.356 e. The fourth-order valence-corrected chi connectivity index (χ4v) is 3.84. The van der Waals surface area contributed by atoms with Crippen LogP contribution in [0.15, 0.2) is 24.4 Å². The van der Waals surface area contributed by atoms with Crippen molar-refractivity contribution >= 4 is 11.7 Å². The Balaban J connectivity index is 1.53. The maximum Gasteiger partial charge on any atom is 0.225 e. The van der Waals surface area contributed by atoms with Crippen molar-refractivity contribution in [2.45, 2.75) is 51.0 Å². The van der Waals surface area contributed by atoms with E-state index < -0.39 is 0 Å². The van der Waals surface area contributed by atoms with Gasteiger partial charge in [-0.2, -0.15) is 0 Å². The number of anilines is 1. The minimum absolute atomic E-state index is 0.285. The maximum absolute atomic E-state index is 12.6. The SMILES string of the molecule is CN(C(=O)C1CCCCC1)C1CCN(c2ccccn2)CC1. The molecule has 1 aromatic rings. The topological polar surface area (TPSA) is 36.4 Å². The summed E-state index contributed by atoms with van der Waals surface area (Å²) in [6, 6.07) is 6.45. The van der Waals surface area contributed by atoms with Crippen LogP contribution < -0.4 is 4.90 Å². The second kappa shape index (κ2) is 7.12. The second-order valence-corrected chi connectivity index (χ2v) is 6.69. The van der Waals surface area contributed by atoms with Gasteiger partial charge in [-0.25, -0.2) is 4.98 Å². The van der Waals surface area contributed by atoms with Gasteiger partial charge in [-0.15, -0.1) is 0 Å². The summed E-state index contributed by atoms with van der Waals surface area (Å²) in [7, 11) is 2.01. The van der Waals surface area contributed by atoms with Gasteiger partial charge in [0.05, 0.1) is 0 Å². The Hall–Kier alpha value is -1.58. The Bertz CT molecular complexity index is 476. The number of hydrogen-bond acceptors (Lipinski definition) is 3. The summed E-state index contributed by atoms with van der Waals surface area (Å²) in [6.07, 6.45) is 9.88. The molecule has 1 amide bonds. The first-order valence-electron chi connectivity index (χ1n) is 8.68. The summed E-state index contributed by atoms with van der Waals surface area (Å²) in [5.74, 6) is 1.73. The van der Waals surface area contributed by atoms with E-state index in [1.807, 2.05) is 30.3 Å². The van der Waals surface area contributed by atoms with Gasteiger partial charge in [0.1, 0.15) is 5.82 Å². The number of carbonyl (C=O) groups is 1. The van der Waals surface area contributed by atoms with E-state index in [4.69, 9.17) is 0 Å². The first kappa shape index (κ1) is 15.3. The smallest absolute Gasteiger partial charge is 0.225 e. The van der Waals surface area contributed by atoms with Gasteiger partial charge in [0.15, 0.2) is 0 Å². The number of nitrogens with zero attached hydrogens (tertiary/aromatic N) is 3. The summed E-state index contributed by atoms with van der Waals surface area (Å²) < 4.78 is 0. The molecule has 0 radical (unpaired) electrons. The van der Waals surface area contributed by atoms with E-state index in [1.165, 1.54) is 19.3 Å². The molecule has 22 heavy (non-hydrogen) atoms. The van der Waals surface area contributed by atoms with E-state index >= 15 is 0 Å². The van der Waals surface area contributed by atoms with E-state index in [0.29, 0.717) is 11.9 Å². The Morgan fingerprint density at radius 2 is 1.86 bits per heavy atom. The van der Waals surface area contributed by atoms with E-state index in [2.05, 4.69) is 16.0 Å². The van der Waals surface area contributed by atoms with Gasteiger partial charge in [0, 0.05) is 38.3 Å². The molecule has 1 saturated carbocycles. The molecule has 0 unspecified atom stereocenters. The lowest BCUT2D eigenvalue weighted by atomic mass is 9.87. The van der Waals surface area contributed by atoms with Crippen molar-refractivity contribution in [3.05, 3.63) is 24.4 Å². The highest BCUT2D eigenvalue weighted by Crippen LogP contribution is 2.27. The molecular weight excluding hydrogens is 274 g/mol. The van der Waals surface area contributed by atoms with Gasteiger partial charge < -0.3 is 9.80 Å². The minimum Gasteiger partial charge on any atom is -0.356 e. The molecule has 120 valence electrons. The van der Waals surface area contributed by atoms with Crippen LogP contribution in [0.2, 0.25) is 0 Å². The van der Waals surface area contributed by atoms with Crippen molar-refractivity contribution < 1.29 is 4.79 Å². The van der Waals surface area contributed by atoms with Gasteiger partial charge in [0.2, 0.25) is 5.91 Å². The number of hydrogen-bond donors (Lipinski definition) is 0. The molecule has 2 aliphatic rings. The number of rotatable bonds is 3. The van der Waals surface area contributed by atoms with Gasteiger partial charge in [-0.3, -0.25) is 4.79 Å².